The first-order valence-corrected chi connectivity index (χ1v) is 7.23. The molecule has 0 amide bonds. The topological polar surface area (TPSA) is 40.5 Å². The Balaban J connectivity index is 2.06. The van der Waals surface area contributed by atoms with Crippen LogP contribution in [0.4, 0.5) is 4.39 Å². The maximum absolute atomic E-state index is 13.1. The normalized spacial score (nSPS) is 20.8. The van der Waals surface area contributed by atoms with E-state index in [1.54, 1.807) is 6.07 Å². The highest BCUT2D eigenvalue weighted by molar-refractivity contribution is 6.30. The van der Waals surface area contributed by atoms with Crippen molar-refractivity contribution < 1.29 is 14.6 Å². The Hall–Kier alpha value is -0.640. The Morgan fingerprint density at radius 3 is 2.42 bits per heavy atom. The lowest BCUT2D eigenvalue weighted by Gasteiger charge is -2.32. The van der Waals surface area contributed by atoms with Gasteiger partial charge in [-0.05, 0) is 30.5 Å². The molecule has 2 rings (SSSR count). The summed E-state index contributed by atoms with van der Waals surface area (Å²) in [5, 5.41) is 20.9. The molecular formula is C15H20ClFO2. The molecule has 1 aliphatic carbocycles. The van der Waals surface area contributed by atoms with Crippen molar-refractivity contribution in [2.75, 3.05) is 0 Å². The van der Waals surface area contributed by atoms with Gasteiger partial charge in [-0.2, -0.15) is 0 Å². The summed E-state index contributed by atoms with van der Waals surface area (Å²) in [7, 11) is 0. The largest absolute Gasteiger partial charge is 0.390 e. The van der Waals surface area contributed by atoms with Crippen LogP contribution in [-0.4, -0.2) is 21.9 Å². The van der Waals surface area contributed by atoms with E-state index < -0.39 is 17.5 Å². The van der Waals surface area contributed by atoms with Gasteiger partial charge in [0.1, 0.15) is 5.82 Å². The minimum atomic E-state index is -1.02. The van der Waals surface area contributed by atoms with Crippen molar-refractivity contribution in [3.8, 4) is 0 Å². The first-order valence-electron chi connectivity index (χ1n) is 6.86. The van der Waals surface area contributed by atoms with Crippen LogP contribution in [-0.2, 0) is 6.42 Å². The molecule has 1 aliphatic rings. The zero-order chi connectivity index (χ0) is 13.9. The molecule has 1 fully saturated rings. The van der Waals surface area contributed by atoms with Gasteiger partial charge in [0.05, 0.1) is 16.7 Å². The molecule has 0 aliphatic heterocycles. The fourth-order valence-electron chi connectivity index (χ4n) is 2.75. The summed E-state index contributed by atoms with van der Waals surface area (Å²) in [5.74, 6) is -0.465. The molecule has 0 aromatic heterocycles. The van der Waals surface area contributed by atoms with Crippen LogP contribution in [0, 0.1) is 5.82 Å². The van der Waals surface area contributed by atoms with Crippen molar-refractivity contribution in [2.45, 2.75) is 56.7 Å². The van der Waals surface area contributed by atoms with Crippen LogP contribution in [0.25, 0.3) is 0 Å². The van der Waals surface area contributed by atoms with Gasteiger partial charge in [-0.1, -0.05) is 43.4 Å². The molecule has 19 heavy (non-hydrogen) atoms. The molecular weight excluding hydrogens is 267 g/mol. The predicted molar refractivity (Wildman–Crippen MR) is 73.8 cm³/mol. The molecule has 1 atom stereocenters. The van der Waals surface area contributed by atoms with Crippen LogP contribution < -0.4 is 0 Å². The predicted octanol–water partition coefficient (Wildman–Crippen LogP) is 3.47. The molecule has 0 radical (unpaired) electrons. The van der Waals surface area contributed by atoms with Gasteiger partial charge in [0, 0.05) is 6.42 Å². The Bertz CT molecular complexity index is 428. The molecule has 0 spiro atoms. The molecule has 1 aromatic carbocycles. The second kappa shape index (κ2) is 6.21. The van der Waals surface area contributed by atoms with Crippen LogP contribution >= 0.6 is 11.6 Å². The van der Waals surface area contributed by atoms with E-state index >= 15 is 0 Å². The van der Waals surface area contributed by atoms with Gasteiger partial charge in [0.15, 0.2) is 0 Å². The van der Waals surface area contributed by atoms with Crippen LogP contribution in [0.1, 0.15) is 44.1 Å². The molecule has 1 unspecified atom stereocenters. The summed E-state index contributed by atoms with van der Waals surface area (Å²) in [6.07, 6.45) is 4.83. The number of aliphatic hydroxyl groups excluding tert-OH is 1. The van der Waals surface area contributed by atoms with Gasteiger partial charge >= 0.3 is 0 Å². The summed E-state index contributed by atoms with van der Waals surface area (Å²) >= 11 is 5.72. The summed E-state index contributed by atoms with van der Waals surface area (Å²) in [6.45, 7) is 0. The molecule has 2 nitrogen and oxygen atoms in total. The van der Waals surface area contributed by atoms with Gasteiger partial charge in [-0.15, -0.1) is 0 Å². The number of benzene rings is 1. The van der Waals surface area contributed by atoms with E-state index in [1.807, 2.05) is 0 Å². The molecule has 106 valence electrons. The molecule has 2 N–H and O–H groups in total. The van der Waals surface area contributed by atoms with Crippen LogP contribution in [0.3, 0.4) is 0 Å². The lowest BCUT2D eigenvalue weighted by atomic mass is 9.85. The highest BCUT2D eigenvalue weighted by Gasteiger charge is 2.35. The Kier molecular flexibility index (Phi) is 4.82. The SMILES string of the molecule is OC(Cc1ccc(F)c(Cl)c1)C1(O)CCCCCC1. The molecule has 4 heteroatoms. The first kappa shape index (κ1) is 14.8. The summed E-state index contributed by atoms with van der Waals surface area (Å²) in [6, 6.07) is 4.41. The van der Waals surface area contributed by atoms with Crippen LogP contribution in [0.5, 0.6) is 0 Å². The van der Waals surface area contributed by atoms with Crippen LogP contribution in [0.15, 0.2) is 18.2 Å². The average Bonchev–Trinajstić information content (AvgIpc) is 2.60. The van der Waals surface area contributed by atoms with E-state index in [0.717, 1.165) is 31.2 Å². The number of hydrogen-bond donors (Lipinski definition) is 2. The molecule has 1 aromatic rings. The quantitative estimate of drug-likeness (QED) is 0.836. The van der Waals surface area contributed by atoms with Crippen molar-refractivity contribution in [3.05, 3.63) is 34.6 Å². The third-order valence-corrected chi connectivity index (χ3v) is 4.29. The van der Waals surface area contributed by atoms with Gasteiger partial charge < -0.3 is 10.2 Å². The molecule has 1 saturated carbocycles. The molecule has 0 bridgehead atoms. The van der Waals surface area contributed by atoms with Crippen molar-refractivity contribution in [1.29, 1.82) is 0 Å². The summed E-state index contributed by atoms with van der Waals surface area (Å²) in [5.41, 5.74) is -0.270. The maximum Gasteiger partial charge on any atom is 0.141 e. The number of rotatable bonds is 3. The van der Waals surface area contributed by atoms with Crippen molar-refractivity contribution in [2.24, 2.45) is 0 Å². The number of halogens is 2. The third-order valence-electron chi connectivity index (χ3n) is 4.00. The van der Waals surface area contributed by atoms with E-state index in [-0.39, 0.29) is 5.02 Å². The minimum Gasteiger partial charge on any atom is -0.390 e. The van der Waals surface area contributed by atoms with Gasteiger partial charge in [-0.3, -0.25) is 0 Å². The van der Waals surface area contributed by atoms with Crippen molar-refractivity contribution in [1.82, 2.24) is 0 Å². The Labute approximate surface area is 118 Å². The van der Waals surface area contributed by atoms with Crippen LogP contribution in [0.2, 0.25) is 5.02 Å². The van der Waals surface area contributed by atoms with Crippen molar-refractivity contribution >= 4 is 11.6 Å². The standard InChI is InChI=1S/C15H20ClFO2/c16-12-9-11(5-6-13(12)17)10-14(18)15(19)7-3-1-2-4-8-15/h5-6,9,14,18-19H,1-4,7-8,10H2. The zero-order valence-corrected chi connectivity index (χ0v) is 11.7. The minimum absolute atomic E-state index is 0.0533. The Morgan fingerprint density at radius 1 is 1.21 bits per heavy atom. The summed E-state index contributed by atoms with van der Waals surface area (Å²) < 4.78 is 13.1. The maximum atomic E-state index is 13.1. The highest BCUT2D eigenvalue weighted by Crippen LogP contribution is 2.31. The second-order valence-electron chi connectivity index (χ2n) is 5.49. The van der Waals surface area contributed by atoms with E-state index in [2.05, 4.69) is 0 Å². The third kappa shape index (κ3) is 3.68. The van der Waals surface area contributed by atoms with E-state index in [9.17, 15) is 14.6 Å². The first-order chi connectivity index (χ1) is 9.01. The number of hydrogen-bond acceptors (Lipinski definition) is 2. The van der Waals surface area contributed by atoms with Crippen molar-refractivity contribution in [3.63, 3.8) is 0 Å². The fourth-order valence-corrected chi connectivity index (χ4v) is 2.96. The Morgan fingerprint density at radius 2 is 1.84 bits per heavy atom. The zero-order valence-electron chi connectivity index (χ0n) is 10.9. The monoisotopic (exact) mass is 286 g/mol. The smallest absolute Gasteiger partial charge is 0.141 e. The molecule has 0 heterocycles. The van der Waals surface area contributed by atoms with E-state index in [1.165, 1.54) is 12.1 Å². The lowest BCUT2D eigenvalue weighted by molar-refractivity contribution is -0.0836. The van der Waals surface area contributed by atoms with Gasteiger partial charge in [-0.25, -0.2) is 4.39 Å². The highest BCUT2D eigenvalue weighted by atomic mass is 35.5. The molecule has 0 saturated heterocycles. The second-order valence-corrected chi connectivity index (χ2v) is 5.89. The van der Waals surface area contributed by atoms with Gasteiger partial charge in [0.2, 0.25) is 0 Å². The number of aliphatic hydroxyl groups is 2. The van der Waals surface area contributed by atoms with E-state index in [0.29, 0.717) is 19.3 Å². The summed E-state index contributed by atoms with van der Waals surface area (Å²) in [4.78, 5) is 0. The van der Waals surface area contributed by atoms with Gasteiger partial charge in [0.25, 0.3) is 0 Å². The lowest BCUT2D eigenvalue weighted by Crippen LogP contribution is -2.43. The average molecular weight is 287 g/mol. The van der Waals surface area contributed by atoms with E-state index in [4.69, 9.17) is 11.6 Å². The fraction of sp³-hybridized carbons (Fsp3) is 0.600.